The number of amides is 1. The number of pyridine rings is 1. The van der Waals surface area contributed by atoms with E-state index in [1.165, 1.54) is 11.1 Å². The Bertz CT molecular complexity index is 901. The summed E-state index contributed by atoms with van der Waals surface area (Å²) in [5.41, 5.74) is 5.18. The van der Waals surface area contributed by atoms with Crippen molar-refractivity contribution in [3.8, 4) is 5.75 Å². The number of methoxy groups -OCH3 is 1. The molecule has 0 radical (unpaired) electrons. The molecule has 26 heavy (non-hydrogen) atoms. The Kier molecular flexibility index (Phi) is 5.17. The maximum Gasteiger partial charge on any atom is 0.274 e. The van der Waals surface area contributed by atoms with Crippen molar-refractivity contribution >= 4 is 23.0 Å². The molecule has 0 bridgehead atoms. The molecule has 0 spiro atoms. The maximum atomic E-state index is 12.4. The van der Waals surface area contributed by atoms with Gasteiger partial charge in [0, 0.05) is 23.3 Å². The van der Waals surface area contributed by atoms with E-state index in [0.717, 1.165) is 17.1 Å². The smallest absolute Gasteiger partial charge is 0.274 e. The van der Waals surface area contributed by atoms with Gasteiger partial charge in [-0.3, -0.25) is 9.78 Å². The third-order valence-electron chi connectivity index (χ3n) is 3.85. The highest BCUT2D eigenvalue weighted by molar-refractivity contribution is 6.03. The van der Waals surface area contributed by atoms with Crippen LogP contribution in [0.3, 0.4) is 0 Å². The summed E-state index contributed by atoms with van der Waals surface area (Å²) in [7, 11) is 1.60. The van der Waals surface area contributed by atoms with E-state index in [4.69, 9.17) is 4.74 Å². The van der Waals surface area contributed by atoms with Crippen LogP contribution in [0, 0.1) is 13.8 Å². The van der Waals surface area contributed by atoms with Crippen molar-refractivity contribution in [2.24, 2.45) is 0 Å². The van der Waals surface area contributed by atoms with Gasteiger partial charge in [0.05, 0.1) is 7.11 Å². The first kappa shape index (κ1) is 17.5. The van der Waals surface area contributed by atoms with E-state index >= 15 is 0 Å². The molecule has 3 aromatic rings. The lowest BCUT2D eigenvalue weighted by Gasteiger charge is -2.10. The third-order valence-corrected chi connectivity index (χ3v) is 3.85. The van der Waals surface area contributed by atoms with Crippen molar-refractivity contribution in [1.82, 2.24) is 4.98 Å². The number of anilines is 3. The van der Waals surface area contributed by atoms with Crippen molar-refractivity contribution in [3.05, 3.63) is 77.6 Å². The van der Waals surface area contributed by atoms with Gasteiger partial charge in [-0.2, -0.15) is 0 Å². The molecule has 1 amide bonds. The molecule has 2 aromatic carbocycles. The van der Waals surface area contributed by atoms with Gasteiger partial charge in [-0.05, 0) is 73.5 Å². The second-order valence-electron chi connectivity index (χ2n) is 6.11. The van der Waals surface area contributed by atoms with Gasteiger partial charge >= 0.3 is 0 Å². The van der Waals surface area contributed by atoms with Crippen LogP contribution in [0.1, 0.15) is 21.6 Å². The van der Waals surface area contributed by atoms with Gasteiger partial charge in [0.15, 0.2) is 0 Å². The highest BCUT2D eigenvalue weighted by atomic mass is 16.5. The lowest BCUT2D eigenvalue weighted by atomic mass is 10.1. The summed E-state index contributed by atoms with van der Waals surface area (Å²) in [6, 6.07) is 17.0. The molecule has 0 aliphatic heterocycles. The monoisotopic (exact) mass is 347 g/mol. The van der Waals surface area contributed by atoms with E-state index < -0.39 is 0 Å². The van der Waals surface area contributed by atoms with Crippen LogP contribution in [0.25, 0.3) is 0 Å². The van der Waals surface area contributed by atoms with Crippen LogP contribution in [0.5, 0.6) is 5.75 Å². The maximum absolute atomic E-state index is 12.4. The number of hydrogen-bond acceptors (Lipinski definition) is 4. The summed E-state index contributed by atoms with van der Waals surface area (Å²) in [5, 5.41) is 6.16. The number of nitrogens with one attached hydrogen (secondary N) is 2. The molecule has 3 rings (SSSR count). The number of benzene rings is 2. The number of aromatic nitrogens is 1. The van der Waals surface area contributed by atoms with Crippen LogP contribution in [-0.4, -0.2) is 18.0 Å². The molecule has 1 heterocycles. The summed E-state index contributed by atoms with van der Waals surface area (Å²) in [5.74, 6) is 0.472. The number of rotatable bonds is 5. The fourth-order valence-corrected chi connectivity index (χ4v) is 2.72. The number of hydrogen-bond donors (Lipinski definition) is 2. The summed E-state index contributed by atoms with van der Waals surface area (Å²) >= 11 is 0. The molecule has 5 nitrogen and oxygen atoms in total. The fourth-order valence-electron chi connectivity index (χ4n) is 2.72. The van der Waals surface area contributed by atoms with Gasteiger partial charge < -0.3 is 15.4 Å². The first-order valence-corrected chi connectivity index (χ1v) is 8.30. The van der Waals surface area contributed by atoms with E-state index in [1.54, 1.807) is 43.6 Å². The second kappa shape index (κ2) is 7.70. The minimum Gasteiger partial charge on any atom is -0.497 e. The standard InChI is InChI=1S/C21H21N3O2/c1-14-10-15(2)12-18(11-14)23-17-8-9-22-20(13-17)21(25)24-16-4-6-19(26-3)7-5-16/h4-13H,1-3H3,(H,22,23)(H,24,25). The third kappa shape index (κ3) is 4.39. The topological polar surface area (TPSA) is 63.2 Å². The molecule has 0 fully saturated rings. The van der Waals surface area contributed by atoms with Gasteiger partial charge in [0.1, 0.15) is 11.4 Å². The summed E-state index contributed by atoms with van der Waals surface area (Å²) in [4.78, 5) is 16.6. The lowest BCUT2D eigenvalue weighted by Crippen LogP contribution is -2.13. The largest absolute Gasteiger partial charge is 0.497 e. The first-order valence-electron chi connectivity index (χ1n) is 8.30. The molecule has 2 N–H and O–H groups in total. The Balaban J connectivity index is 1.74. The summed E-state index contributed by atoms with van der Waals surface area (Å²) < 4.78 is 5.11. The summed E-state index contributed by atoms with van der Waals surface area (Å²) in [6.07, 6.45) is 1.62. The van der Waals surface area contributed by atoms with Crippen LogP contribution >= 0.6 is 0 Å². The predicted molar refractivity (Wildman–Crippen MR) is 104 cm³/mol. The lowest BCUT2D eigenvalue weighted by molar-refractivity contribution is 0.102. The van der Waals surface area contributed by atoms with Gasteiger partial charge in [-0.1, -0.05) is 6.07 Å². The minimum atomic E-state index is -0.265. The highest BCUT2D eigenvalue weighted by Crippen LogP contribution is 2.20. The Hall–Kier alpha value is -3.34. The molecule has 0 unspecified atom stereocenters. The zero-order chi connectivity index (χ0) is 18.5. The molecule has 0 aliphatic carbocycles. The van der Waals surface area contributed by atoms with Crippen LogP contribution < -0.4 is 15.4 Å². The average Bonchev–Trinajstić information content (AvgIpc) is 2.61. The van der Waals surface area contributed by atoms with Crippen molar-refractivity contribution in [2.45, 2.75) is 13.8 Å². The number of nitrogens with zero attached hydrogens (tertiary/aromatic N) is 1. The zero-order valence-corrected chi connectivity index (χ0v) is 15.0. The van der Waals surface area contributed by atoms with Crippen molar-refractivity contribution in [1.29, 1.82) is 0 Å². The van der Waals surface area contributed by atoms with Gasteiger partial charge in [0.25, 0.3) is 5.91 Å². The molecule has 1 aromatic heterocycles. The highest BCUT2D eigenvalue weighted by Gasteiger charge is 2.09. The molecule has 132 valence electrons. The van der Waals surface area contributed by atoms with Crippen LogP contribution in [-0.2, 0) is 0 Å². The molecule has 0 saturated carbocycles. The molecule has 5 heteroatoms. The Morgan fingerprint density at radius 1 is 0.885 bits per heavy atom. The normalized spacial score (nSPS) is 10.3. The summed E-state index contributed by atoms with van der Waals surface area (Å²) in [6.45, 7) is 4.11. The number of ether oxygens (including phenoxy) is 1. The molecule has 0 saturated heterocycles. The van der Waals surface area contributed by atoms with E-state index in [2.05, 4.69) is 47.7 Å². The number of carbonyl (C=O) groups excluding carboxylic acids is 1. The van der Waals surface area contributed by atoms with E-state index in [1.807, 2.05) is 6.07 Å². The number of aryl methyl sites for hydroxylation is 2. The van der Waals surface area contributed by atoms with E-state index in [0.29, 0.717) is 11.4 Å². The molecule has 0 atom stereocenters. The predicted octanol–water partition coefficient (Wildman–Crippen LogP) is 4.70. The fraction of sp³-hybridized carbons (Fsp3) is 0.143. The van der Waals surface area contributed by atoms with Crippen molar-refractivity contribution in [2.75, 3.05) is 17.7 Å². The first-order chi connectivity index (χ1) is 12.5. The van der Waals surface area contributed by atoms with Crippen LogP contribution in [0.15, 0.2) is 60.8 Å². The van der Waals surface area contributed by atoms with E-state index in [9.17, 15) is 4.79 Å². The Morgan fingerprint density at radius 2 is 1.58 bits per heavy atom. The average molecular weight is 347 g/mol. The molecule has 0 aliphatic rings. The SMILES string of the molecule is COc1ccc(NC(=O)c2cc(Nc3cc(C)cc(C)c3)ccn2)cc1. The van der Waals surface area contributed by atoms with E-state index in [-0.39, 0.29) is 5.91 Å². The minimum absolute atomic E-state index is 0.265. The second-order valence-corrected chi connectivity index (χ2v) is 6.11. The number of carbonyl (C=O) groups is 1. The van der Waals surface area contributed by atoms with Gasteiger partial charge in [0.2, 0.25) is 0 Å². The van der Waals surface area contributed by atoms with Gasteiger partial charge in [-0.25, -0.2) is 0 Å². The zero-order valence-electron chi connectivity index (χ0n) is 15.0. The van der Waals surface area contributed by atoms with Crippen molar-refractivity contribution in [3.63, 3.8) is 0 Å². The quantitative estimate of drug-likeness (QED) is 0.702. The van der Waals surface area contributed by atoms with Crippen LogP contribution in [0.2, 0.25) is 0 Å². The van der Waals surface area contributed by atoms with Crippen molar-refractivity contribution < 1.29 is 9.53 Å². The van der Waals surface area contributed by atoms with Crippen LogP contribution in [0.4, 0.5) is 17.1 Å². The molecular formula is C21H21N3O2. The van der Waals surface area contributed by atoms with Gasteiger partial charge in [-0.15, -0.1) is 0 Å². The Morgan fingerprint density at radius 3 is 2.23 bits per heavy atom. The molecular weight excluding hydrogens is 326 g/mol. The Labute approximate surface area is 153 Å².